The monoisotopic (exact) mass is 261 g/mol. The maximum Gasteiger partial charge on any atom is 0.341 e. The summed E-state index contributed by atoms with van der Waals surface area (Å²) in [5.41, 5.74) is 7.38. The minimum absolute atomic E-state index is 0.142. The molecule has 0 bridgehead atoms. The first-order valence-electron chi connectivity index (χ1n) is 5.73. The van der Waals surface area contributed by atoms with Gasteiger partial charge in [-0.05, 0) is 25.5 Å². The number of esters is 1. The van der Waals surface area contributed by atoms with Crippen LogP contribution in [-0.4, -0.2) is 12.1 Å². The van der Waals surface area contributed by atoms with Gasteiger partial charge in [-0.2, -0.15) is 0 Å². The average molecular weight is 261 g/mol. The van der Waals surface area contributed by atoms with Crippen LogP contribution in [0.25, 0.3) is 10.4 Å². The first-order valence-corrected chi connectivity index (χ1v) is 6.55. The molecule has 94 valence electrons. The molecule has 1 aromatic carbocycles. The molecule has 1 heterocycles. The number of benzene rings is 1. The molecule has 0 unspecified atom stereocenters. The summed E-state index contributed by atoms with van der Waals surface area (Å²) in [6.45, 7) is 3.64. The fourth-order valence-corrected chi connectivity index (χ4v) is 2.51. The standard InChI is InChI=1S/C14H15NO2S/c1-9(2)17-14(16)11-8-12(18-13(11)15)10-6-4-3-5-7-10/h3-9H,15H2,1-2H3. The Morgan fingerprint density at radius 3 is 2.56 bits per heavy atom. The van der Waals surface area contributed by atoms with E-state index in [1.807, 2.05) is 44.2 Å². The summed E-state index contributed by atoms with van der Waals surface area (Å²) < 4.78 is 5.15. The molecule has 18 heavy (non-hydrogen) atoms. The smallest absolute Gasteiger partial charge is 0.341 e. The van der Waals surface area contributed by atoms with Gasteiger partial charge < -0.3 is 10.5 Å². The van der Waals surface area contributed by atoms with E-state index in [0.717, 1.165) is 10.4 Å². The van der Waals surface area contributed by atoms with Crippen LogP contribution in [0.15, 0.2) is 36.4 Å². The van der Waals surface area contributed by atoms with Gasteiger partial charge in [-0.3, -0.25) is 0 Å². The summed E-state index contributed by atoms with van der Waals surface area (Å²) in [6.07, 6.45) is -0.142. The van der Waals surface area contributed by atoms with Gasteiger partial charge in [0.05, 0.1) is 11.7 Å². The molecule has 2 rings (SSSR count). The van der Waals surface area contributed by atoms with Crippen LogP contribution in [0.5, 0.6) is 0 Å². The van der Waals surface area contributed by atoms with Crippen LogP contribution in [-0.2, 0) is 4.74 Å². The fraction of sp³-hybridized carbons (Fsp3) is 0.214. The summed E-state index contributed by atoms with van der Waals surface area (Å²) in [6, 6.07) is 11.6. The number of anilines is 1. The highest BCUT2D eigenvalue weighted by Crippen LogP contribution is 2.33. The number of thiophene rings is 1. The number of carbonyl (C=O) groups excluding carboxylic acids is 1. The molecule has 0 radical (unpaired) electrons. The van der Waals surface area contributed by atoms with E-state index in [0.29, 0.717) is 10.6 Å². The molecular formula is C14H15NO2S. The third kappa shape index (κ3) is 2.71. The van der Waals surface area contributed by atoms with E-state index in [1.165, 1.54) is 11.3 Å². The maximum absolute atomic E-state index is 11.8. The van der Waals surface area contributed by atoms with Gasteiger partial charge in [-0.1, -0.05) is 30.3 Å². The fourth-order valence-electron chi connectivity index (χ4n) is 1.59. The molecular weight excluding hydrogens is 246 g/mol. The molecule has 0 saturated carbocycles. The van der Waals surface area contributed by atoms with Crippen molar-refractivity contribution in [3.63, 3.8) is 0 Å². The van der Waals surface area contributed by atoms with Crippen molar-refractivity contribution in [3.05, 3.63) is 42.0 Å². The normalized spacial score (nSPS) is 10.6. The first-order chi connectivity index (χ1) is 8.58. The maximum atomic E-state index is 11.8. The molecule has 0 amide bonds. The average Bonchev–Trinajstić information content (AvgIpc) is 2.72. The number of rotatable bonds is 3. The Morgan fingerprint density at radius 2 is 1.94 bits per heavy atom. The van der Waals surface area contributed by atoms with Crippen molar-refractivity contribution in [2.75, 3.05) is 5.73 Å². The van der Waals surface area contributed by atoms with E-state index in [-0.39, 0.29) is 12.1 Å². The molecule has 0 spiro atoms. The molecule has 0 aliphatic heterocycles. The number of carbonyl (C=O) groups is 1. The molecule has 2 N–H and O–H groups in total. The van der Waals surface area contributed by atoms with Gasteiger partial charge in [-0.25, -0.2) is 4.79 Å². The summed E-state index contributed by atoms with van der Waals surface area (Å²) in [5.74, 6) is -0.360. The SMILES string of the molecule is CC(C)OC(=O)c1cc(-c2ccccc2)sc1N. The van der Waals surface area contributed by atoms with Gasteiger partial charge in [0.15, 0.2) is 0 Å². The predicted molar refractivity (Wildman–Crippen MR) is 74.7 cm³/mol. The lowest BCUT2D eigenvalue weighted by atomic mass is 10.1. The molecule has 0 aliphatic carbocycles. The highest BCUT2D eigenvalue weighted by molar-refractivity contribution is 7.19. The Bertz CT molecular complexity index is 546. The number of nitrogens with two attached hydrogens (primary N) is 1. The van der Waals surface area contributed by atoms with E-state index in [1.54, 1.807) is 6.07 Å². The third-order valence-electron chi connectivity index (χ3n) is 2.38. The van der Waals surface area contributed by atoms with E-state index < -0.39 is 0 Å². The predicted octanol–water partition coefficient (Wildman–Crippen LogP) is 3.56. The highest BCUT2D eigenvalue weighted by atomic mass is 32.1. The number of hydrogen-bond acceptors (Lipinski definition) is 4. The van der Waals surface area contributed by atoms with Gasteiger partial charge >= 0.3 is 5.97 Å². The molecule has 0 fully saturated rings. The van der Waals surface area contributed by atoms with Crippen LogP contribution in [0.3, 0.4) is 0 Å². The number of nitrogen functional groups attached to an aromatic ring is 1. The zero-order valence-electron chi connectivity index (χ0n) is 10.3. The molecule has 2 aromatic rings. The van der Waals surface area contributed by atoms with Crippen molar-refractivity contribution in [2.45, 2.75) is 20.0 Å². The van der Waals surface area contributed by atoms with Crippen LogP contribution >= 0.6 is 11.3 Å². The Balaban J connectivity index is 2.30. The lowest BCUT2D eigenvalue weighted by molar-refractivity contribution is 0.0380. The Labute approximate surface area is 110 Å². The zero-order chi connectivity index (χ0) is 13.1. The molecule has 0 saturated heterocycles. The van der Waals surface area contributed by atoms with E-state index in [2.05, 4.69) is 0 Å². The van der Waals surface area contributed by atoms with Crippen molar-refractivity contribution in [3.8, 4) is 10.4 Å². The number of hydrogen-bond donors (Lipinski definition) is 1. The lowest BCUT2D eigenvalue weighted by Gasteiger charge is -2.06. The second-order valence-electron chi connectivity index (χ2n) is 4.21. The zero-order valence-corrected chi connectivity index (χ0v) is 11.2. The summed E-state index contributed by atoms with van der Waals surface area (Å²) in [7, 11) is 0. The largest absolute Gasteiger partial charge is 0.459 e. The van der Waals surface area contributed by atoms with Gasteiger partial charge in [-0.15, -0.1) is 11.3 Å². The molecule has 3 nitrogen and oxygen atoms in total. The Kier molecular flexibility index (Phi) is 3.67. The van der Waals surface area contributed by atoms with Gasteiger partial charge in [0, 0.05) is 4.88 Å². The van der Waals surface area contributed by atoms with E-state index in [9.17, 15) is 4.79 Å². The molecule has 0 atom stereocenters. The van der Waals surface area contributed by atoms with Crippen molar-refractivity contribution in [2.24, 2.45) is 0 Å². The first kappa shape index (κ1) is 12.6. The highest BCUT2D eigenvalue weighted by Gasteiger charge is 2.17. The van der Waals surface area contributed by atoms with Crippen LogP contribution < -0.4 is 5.73 Å². The van der Waals surface area contributed by atoms with Crippen LogP contribution in [0.2, 0.25) is 0 Å². The minimum atomic E-state index is -0.360. The van der Waals surface area contributed by atoms with Crippen LogP contribution in [0.1, 0.15) is 24.2 Å². The van der Waals surface area contributed by atoms with Gasteiger partial charge in [0.1, 0.15) is 5.00 Å². The van der Waals surface area contributed by atoms with Crippen molar-refractivity contribution < 1.29 is 9.53 Å². The second kappa shape index (κ2) is 5.23. The van der Waals surface area contributed by atoms with Crippen LogP contribution in [0.4, 0.5) is 5.00 Å². The van der Waals surface area contributed by atoms with E-state index >= 15 is 0 Å². The summed E-state index contributed by atoms with van der Waals surface area (Å²) >= 11 is 1.40. The second-order valence-corrected chi connectivity index (χ2v) is 5.29. The summed E-state index contributed by atoms with van der Waals surface area (Å²) in [4.78, 5) is 12.8. The van der Waals surface area contributed by atoms with Gasteiger partial charge in [0.25, 0.3) is 0 Å². The molecule has 1 aromatic heterocycles. The van der Waals surface area contributed by atoms with Gasteiger partial charge in [0.2, 0.25) is 0 Å². The Morgan fingerprint density at radius 1 is 1.28 bits per heavy atom. The molecule has 0 aliphatic rings. The van der Waals surface area contributed by atoms with Crippen molar-refractivity contribution in [1.29, 1.82) is 0 Å². The van der Waals surface area contributed by atoms with Crippen molar-refractivity contribution in [1.82, 2.24) is 0 Å². The van der Waals surface area contributed by atoms with Crippen molar-refractivity contribution >= 4 is 22.3 Å². The number of ether oxygens (including phenoxy) is 1. The lowest BCUT2D eigenvalue weighted by Crippen LogP contribution is -2.11. The Hall–Kier alpha value is -1.81. The minimum Gasteiger partial charge on any atom is -0.459 e. The quantitative estimate of drug-likeness (QED) is 0.859. The van der Waals surface area contributed by atoms with E-state index in [4.69, 9.17) is 10.5 Å². The third-order valence-corrected chi connectivity index (χ3v) is 3.40. The van der Waals surface area contributed by atoms with Crippen LogP contribution in [0, 0.1) is 0 Å². The topological polar surface area (TPSA) is 52.3 Å². The molecule has 4 heteroatoms. The summed E-state index contributed by atoms with van der Waals surface area (Å²) in [5, 5.41) is 0.500.